The van der Waals surface area contributed by atoms with Crippen molar-refractivity contribution < 1.29 is 22.7 Å². The Morgan fingerprint density at radius 2 is 1.60 bits per heavy atom. The van der Waals surface area contributed by atoms with E-state index in [0.29, 0.717) is 11.4 Å². The number of anilines is 2. The van der Waals surface area contributed by atoms with Gasteiger partial charge in [0, 0.05) is 5.69 Å². The predicted octanol–water partition coefficient (Wildman–Crippen LogP) is 5.28. The molecule has 0 aromatic heterocycles. The fourth-order valence-corrected chi connectivity index (χ4v) is 5.26. The van der Waals surface area contributed by atoms with Gasteiger partial charge in [0.1, 0.15) is 6.54 Å². The van der Waals surface area contributed by atoms with Crippen molar-refractivity contribution in [3.8, 4) is 0 Å². The fraction of sp³-hybridized carbons (Fsp3) is 0.231. The molecule has 0 aliphatic heterocycles. The van der Waals surface area contributed by atoms with Crippen molar-refractivity contribution in [1.82, 2.24) is 0 Å². The first-order valence-corrected chi connectivity index (χ1v) is 12.8. The summed E-state index contributed by atoms with van der Waals surface area (Å²) in [6.45, 7) is 7.00. The molecule has 9 heteroatoms. The summed E-state index contributed by atoms with van der Waals surface area (Å²) >= 11 is 6.19. The molecular formula is C26H27ClN2O5S. The largest absolute Gasteiger partial charge is 0.462 e. The first kappa shape index (κ1) is 26.2. The molecule has 0 heterocycles. The van der Waals surface area contributed by atoms with E-state index in [1.165, 1.54) is 30.3 Å². The number of ether oxygens (including phenoxy) is 1. The van der Waals surface area contributed by atoms with Crippen LogP contribution >= 0.6 is 11.6 Å². The van der Waals surface area contributed by atoms with Crippen LogP contribution in [0.1, 0.15) is 34.0 Å². The molecule has 0 aliphatic rings. The number of rotatable bonds is 8. The minimum atomic E-state index is -4.04. The lowest BCUT2D eigenvalue weighted by molar-refractivity contribution is -0.114. The number of nitrogens with one attached hydrogen (secondary N) is 1. The molecule has 1 N–H and O–H groups in total. The number of aryl methyl sites for hydroxylation is 3. The molecule has 3 rings (SSSR count). The van der Waals surface area contributed by atoms with Gasteiger partial charge < -0.3 is 10.1 Å². The third kappa shape index (κ3) is 6.21. The predicted molar refractivity (Wildman–Crippen MR) is 138 cm³/mol. The third-order valence-corrected chi connectivity index (χ3v) is 7.35. The number of halogens is 1. The van der Waals surface area contributed by atoms with E-state index in [0.717, 1.165) is 21.0 Å². The van der Waals surface area contributed by atoms with Gasteiger partial charge in [0.25, 0.3) is 10.0 Å². The second-order valence-corrected chi connectivity index (χ2v) is 10.3. The van der Waals surface area contributed by atoms with Gasteiger partial charge in [0.15, 0.2) is 0 Å². The lowest BCUT2D eigenvalue weighted by Gasteiger charge is -2.26. The number of carbonyl (C=O) groups is 2. The van der Waals surface area contributed by atoms with E-state index in [1.54, 1.807) is 38.1 Å². The average molecular weight is 515 g/mol. The molecule has 0 spiro atoms. The van der Waals surface area contributed by atoms with Gasteiger partial charge in [0.05, 0.1) is 27.8 Å². The van der Waals surface area contributed by atoms with E-state index in [-0.39, 0.29) is 22.1 Å². The maximum Gasteiger partial charge on any atom is 0.339 e. The van der Waals surface area contributed by atoms with Crippen LogP contribution in [0.25, 0.3) is 0 Å². The Morgan fingerprint density at radius 1 is 0.943 bits per heavy atom. The molecule has 0 unspecified atom stereocenters. The summed E-state index contributed by atoms with van der Waals surface area (Å²) in [5, 5.41) is 2.77. The van der Waals surface area contributed by atoms with Crippen LogP contribution in [0.4, 0.5) is 11.4 Å². The van der Waals surface area contributed by atoms with Crippen LogP contribution in [0.15, 0.2) is 65.6 Å². The van der Waals surface area contributed by atoms with Crippen molar-refractivity contribution >= 4 is 44.9 Å². The summed E-state index contributed by atoms with van der Waals surface area (Å²) in [5.74, 6) is -1.14. The number of carbonyl (C=O) groups excluding carboxylic acids is 2. The number of hydrogen-bond acceptors (Lipinski definition) is 5. The topological polar surface area (TPSA) is 92.8 Å². The van der Waals surface area contributed by atoms with Crippen molar-refractivity contribution in [3.05, 3.63) is 87.9 Å². The van der Waals surface area contributed by atoms with Crippen LogP contribution in [-0.4, -0.2) is 33.4 Å². The van der Waals surface area contributed by atoms with Crippen LogP contribution in [0.5, 0.6) is 0 Å². The lowest BCUT2D eigenvalue weighted by atomic mass is 10.1. The molecular weight excluding hydrogens is 488 g/mol. The van der Waals surface area contributed by atoms with Gasteiger partial charge in [-0.05, 0) is 69.7 Å². The van der Waals surface area contributed by atoms with Gasteiger partial charge in [-0.2, -0.15) is 0 Å². The van der Waals surface area contributed by atoms with Crippen LogP contribution in [0.2, 0.25) is 5.02 Å². The normalized spacial score (nSPS) is 11.1. The SMILES string of the molecule is CCOC(=O)c1ccc(NC(=O)CN(c2ccc(C)cc2C)S(=O)(=O)c2ccc(C)cc2)cc1Cl. The van der Waals surface area contributed by atoms with E-state index in [2.05, 4.69) is 5.32 Å². The summed E-state index contributed by atoms with van der Waals surface area (Å²) in [6, 6.07) is 16.2. The van der Waals surface area contributed by atoms with E-state index < -0.39 is 28.4 Å². The highest BCUT2D eigenvalue weighted by molar-refractivity contribution is 7.92. The third-order valence-electron chi connectivity index (χ3n) is 5.27. The zero-order valence-electron chi connectivity index (χ0n) is 20.0. The monoisotopic (exact) mass is 514 g/mol. The molecule has 35 heavy (non-hydrogen) atoms. The molecule has 0 saturated carbocycles. The zero-order chi connectivity index (χ0) is 25.8. The Kier molecular flexibility index (Phi) is 8.19. The first-order chi connectivity index (χ1) is 16.5. The molecule has 0 radical (unpaired) electrons. The molecule has 184 valence electrons. The zero-order valence-corrected chi connectivity index (χ0v) is 21.5. The van der Waals surface area contributed by atoms with E-state index in [1.807, 2.05) is 19.9 Å². The average Bonchev–Trinajstić information content (AvgIpc) is 2.78. The van der Waals surface area contributed by atoms with E-state index in [9.17, 15) is 18.0 Å². The molecule has 0 atom stereocenters. The van der Waals surface area contributed by atoms with Crippen LogP contribution < -0.4 is 9.62 Å². The lowest BCUT2D eigenvalue weighted by Crippen LogP contribution is -2.38. The molecule has 0 aliphatic carbocycles. The standard InChI is InChI=1S/C26H27ClN2O5S/c1-5-34-26(31)22-12-9-20(15-23(22)27)28-25(30)16-29(24-13-8-18(3)14-19(24)4)35(32,33)21-10-6-17(2)7-11-21/h6-15H,5,16H2,1-4H3,(H,28,30). The van der Waals surface area contributed by atoms with E-state index >= 15 is 0 Å². The number of esters is 1. The Labute approximate surface area is 210 Å². The van der Waals surface area contributed by atoms with Crippen LogP contribution in [0.3, 0.4) is 0 Å². The highest BCUT2D eigenvalue weighted by Gasteiger charge is 2.28. The Bertz CT molecular complexity index is 1350. The van der Waals surface area contributed by atoms with Crippen molar-refractivity contribution in [1.29, 1.82) is 0 Å². The molecule has 1 amide bonds. The Balaban J connectivity index is 1.92. The summed E-state index contributed by atoms with van der Waals surface area (Å²) in [4.78, 5) is 25.0. The minimum absolute atomic E-state index is 0.0812. The van der Waals surface area contributed by atoms with Gasteiger partial charge in [-0.3, -0.25) is 9.10 Å². The van der Waals surface area contributed by atoms with Gasteiger partial charge in [-0.1, -0.05) is 47.0 Å². The first-order valence-electron chi connectivity index (χ1n) is 11.0. The molecule has 0 fully saturated rings. The second-order valence-electron chi connectivity index (χ2n) is 8.08. The molecule has 3 aromatic carbocycles. The van der Waals surface area contributed by atoms with Gasteiger partial charge in [0.2, 0.25) is 5.91 Å². The quantitative estimate of drug-likeness (QED) is 0.413. The highest BCUT2D eigenvalue weighted by Crippen LogP contribution is 2.28. The van der Waals surface area contributed by atoms with E-state index in [4.69, 9.17) is 16.3 Å². The van der Waals surface area contributed by atoms with Crippen molar-refractivity contribution in [3.63, 3.8) is 0 Å². The van der Waals surface area contributed by atoms with Crippen LogP contribution in [0, 0.1) is 20.8 Å². The molecule has 0 saturated heterocycles. The second kappa shape index (κ2) is 10.9. The highest BCUT2D eigenvalue weighted by atomic mass is 35.5. The number of nitrogens with zero attached hydrogens (tertiary/aromatic N) is 1. The number of hydrogen-bond donors (Lipinski definition) is 1. The fourth-order valence-electron chi connectivity index (χ4n) is 3.52. The number of amides is 1. The summed E-state index contributed by atoms with van der Waals surface area (Å²) < 4.78 is 33.2. The molecule has 3 aromatic rings. The van der Waals surface area contributed by atoms with Gasteiger partial charge in [-0.25, -0.2) is 13.2 Å². The minimum Gasteiger partial charge on any atom is -0.462 e. The number of sulfonamides is 1. The number of benzene rings is 3. The smallest absolute Gasteiger partial charge is 0.339 e. The van der Waals surface area contributed by atoms with Crippen molar-refractivity contribution in [2.24, 2.45) is 0 Å². The van der Waals surface area contributed by atoms with Gasteiger partial charge in [-0.15, -0.1) is 0 Å². The van der Waals surface area contributed by atoms with Crippen molar-refractivity contribution in [2.75, 3.05) is 22.8 Å². The summed E-state index contributed by atoms with van der Waals surface area (Å²) in [7, 11) is -4.04. The van der Waals surface area contributed by atoms with Gasteiger partial charge >= 0.3 is 5.97 Å². The van der Waals surface area contributed by atoms with Crippen LogP contribution in [-0.2, 0) is 19.6 Å². The molecule has 7 nitrogen and oxygen atoms in total. The Morgan fingerprint density at radius 3 is 2.20 bits per heavy atom. The summed E-state index contributed by atoms with van der Waals surface area (Å²) in [5.41, 5.74) is 3.51. The maximum atomic E-state index is 13.6. The Hall–Kier alpha value is -3.36. The van der Waals surface area contributed by atoms with Crippen molar-refractivity contribution in [2.45, 2.75) is 32.6 Å². The molecule has 0 bridgehead atoms. The summed E-state index contributed by atoms with van der Waals surface area (Å²) in [6.07, 6.45) is 0. The maximum absolute atomic E-state index is 13.6.